The van der Waals surface area contributed by atoms with Crippen molar-refractivity contribution in [3.8, 4) is 5.75 Å². The molecule has 3 aromatic rings. The van der Waals surface area contributed by atoms with E-state index >= 15 is 0 Å². The van der Waals surface area contributed by atoms with Gasteiger partial charge in [0.15, 0.2) is 0 Å². The molecule has 0 atom stereocenters. The molecule has 0 heterocycles. The Morgan fingerprint density at radius 2 is 1.67 bits per heavy atom. The summed E-state index contributed by atoms with van der Waals surface area (Å²) in [6.45, 7) is 4.14. The van der Waals surface area contributed by atoms with Crippen molar-refractivity contribution >= 4 is 34.8 Å². The first kappa shape index (κ1) is 18.6. The molecule has 1 N–H and O–H groups in total. The zero-order valence-electron chi connectivity index (χ0n) is 13.6. The number of hydrogen-bond acceptors (Lipinski definition) is 2. The van der Waals surface area contributed by atoms with Gasteiger partial charge in [-0.25, -0.2) is 0 Å². The summed E-state index contributed by atoms with van der Waals surface area (Å²) in [5, 5.41) is 6.73. The fourth-order valence-corrected chi connectivity index (χ4v) is 2.96. The monoisotopic (exact) mass is 361 g/mol. The highest BCUT2D eigenvalue weighted by atomic mass is 35.5. The van der Waals surface area contributed by atoms with Crippen LogP contribution in [0.3, 0.4) is 0 Å². The number of benzene rings is 3. The summed E-state index contributed by atoms with van der Waals surface area (Å²) < 4.78 is 5.81. The lowest BCUT2D eigenvalue weighted by atomic mass is 10.0. The van der Waals surface area contributed by atoms with Gasteiger partial charge in [0, 0.05) is 23.7 Å². The second kappa shape index (κ2) is 8.93. The minimum atomic E-state index is 0. The molecular formula is C20H21Cl2NO. The molecule has 126 valence electrons. The van der Waals surface area contributed by atoms with Gasteiger partial charge in [-0.15, -0.1) is 12.4 Å². The lowest BCUT2D eigenvalue weighted by molar-refractivity contribution is 0.336. The zero-order chi connectivity index (χ0) is 16.1. The second-order valence-electron chi connectivity index (χ2n) is 5.39. The van der Waals surface area contributed by atoms with Gasteiger partial charge in [-0.3, -0.25) is 0 Å². The molecule has 0 bridgehead atoms. The van der Waals surface area contributed by atoms with Crippen LogP contribution in [0, 0.1) is 0 Å². The van der Waals surface area contributed by atoms with Crippen molar-refractivity contribution in [1.29, 1.82) is 0 Å². The summed E-state index contributed by atoms with van der Waals surface area (Å²) in [5.41, 5.74) is 2.30. The molecule has 24 heavy (non-hydrogen) atoms. The Hall–Kier alpha value is -1.74. The molecule has 0 fully saturated rings. The first-order chi connectivity index (χ1) is 11.3. The summed E-state index contributed by atoms with van der Waals surface area (Å²) in [6, 6.07) is 20.5. The van der Waals surface area contributed by atoms with E-state index in [9.17, 15) is 0 Å². The fourth-order valence-electron chi connectivity index (χ4n) is 2.75. The predicted octanol–water partition coefficient (Wildman–Crippen LogP) is 5.60. The molecule has 0 aliphatic rings. The molecule has 0 aliphatic carbocycles. The van der Waals surface area contributed by atoms with Gasteiger partial charge in [0.25, 0.3) is 0 Å². The standard InChI is InChI=1S/C20H20ClNO.ClH/c1-2-23-20-12-11-15-7-3-5-9-17(15)18(20)14-22-13-16-8-4-6-10-19(16)21;/h3-12,22H,2,13-14H2,1H3;1H. The van der Waals surface area contributed by atoms with Crippen molar-refractivity contribution in [2.24, 2.45) is 0 Å². The first-order valence-corrected chi connectivity index (χ1v) is 8.25. The van der Waals surface area contributed by atoms with Crippen LogP contribution in [0.15, 0.2) is 60.7 Å². The summed E-state index contributed by atoms with van der Waals surface area (Å²) in [4.78, 5) is 0. The van der Waals surface area contributed by atoms with Crippen molar-refractivity contribution in [2.45, 2.75) is 20.0 Å². The maximum absolute atomic E-state index is 6.22. The molecule has 0 unspecified atom stereocenters. The molecule has 4 heteroatoms. The number of nitrogens with one attached hydrogen (secondary N) is 1. The Labute approximate surface area is 154 Å². The third-order valence-corrected chi connectivity index (χ3v) is 4.24. The zero-order valence-corrected chi connectivity index (χ0v) is 15.2. The Bertz CT molecular complexity index is 805. The quantitative estimate of drug-likeness (QED) is 0.616. The van der Waals surface area contributed by atoms with Crippen LogP contribution in [-0.4, -0.2) is 6.61 Å². The number of ether oxygens (including phenoxy) is 1. The van der Waals surface area contributed by atoms with Gasteiger partial charge in [0.2, 0.25) is 0 Å². The maximum atomic E-state index is 6.22. The van der Waals surface area contributed by atoms with Crippen LogP contribution in [-0.2, 0) is 13.1 Å². The highest BCUT2D eigenvalue weighted by Gasteiger charge is 2.08. The number of rotatable bonds is 6. The van der Waals surface area contributed by atoms with E-state index in [1.807, 2.05) is 31.2 Å². The first-order valence-electron chi connectivity index (χ1n) is 7.87. The van der Waals surface area contributed by atoms with Crippen LogP contribution >= 0.6 is 24.0 Å². The normalized spacial score (nSPS) is 10.4. The van der Waals surface area contributed by atoms with Gasteiger partial charge in [0.1, 0.15) is 5.75 Å². The summed E-state index contributed by atoms with van der Waals surface area (Å²) >= 11 is 6.22. The number of fused-ring (bicyclic) bond motifs is 1. The summed E-state index contributed by atoms with van der Waals surface area (Å²) in [6.07, 6.45) is 0. The van der Waals surface area contributed by atoms with Gasteiger partial charge in [-0.05, 0) is 35.4 Å². The van der Waals surface area contributed by atoms with E-state index in [-0.39, 0.29) is 12.4 Å². The van der Waals surface area contributed by atoms with E-state index in [4.69, 9.17) is 16.3 Å². The molecule has 0 aliphatic heterocycles. The van der Waals surface area contributed by atoms with Crippen molar-refractivity contribution < 1.29 is 4.74 Å². The van der Waals surface area contributed by atoms with Crippen LogP contribution in [0.5, 0.6) is 5.75 Å². The Kier molecular flexibility index (Phi) is 6.92. The Morgan fingerprint density at radius 1 is 0.917 bits per heavy atom. The fraction of sp³-hybridized carbons (Fsp3) is 0.200. The molecule has 2 nitrogen and oxygen atoms in total. The van der Waals surface area contributed by atoms with Gasteiger partial charge in [-0.2, -0.15) is 0 Å². The molecule has 0 aromatic heterocycles. The van der Waals surface area contributed by atoms with E-state index in [2.05, 4.69) is 41.7 Å². The largest absolute Gasteiger partial charge is 0.494 e. The molecule has 3 aromatic carbocycles. The molecule has 0 radical (unpaired) electrons. The van der Waals surface area contributed by atoms with Crippen LogP contribution in [0.4, 0.5) is 0 Å². The highest BCUT2D eigenvalue weighted by Crippen LogP contribution is 2.28. The van der Waals surface area contributed by atoms with E-state index in [1.165, 1.54) is 16.3 Å². The Balaban J connectivity index is 0.00000208. The minimum absolute atomic E-state index is 0. The molecule has 0 saturated heterocycles. The van der Waals surface area contributed by atoms with Crippen molar-refractivity contribution in [2.75, 3.05) is 6.61 Å². The van der Waals surface area contributed by atoms with Gasteiger partial charge in [-0.1, -0.05) is 60.1 Å². The number of hydrogen-bond donors (Lipinski definition) is 1. The average Bonchev–Trinajstić information content (AvgIpc) is 2.58. The molecule has 3 rings (SSSR count). The topological polar surface area (TPSA) is 21.3 Å². The van der Waals surface area contributed by atoms with Crippen molar-refractivity contribution in [1.82, 2.24) is 5.32 Å². The summed E-state index contributed by atoms with van der Waals surface area (Å²) in [5.74, 6) is 0.942. The maximum Gasteiger partial charge on any atom is 0.124 e. The van der Waals surface area contributed by atoms with Gasteiger partial charge in [0.05, 0.1) is 6.61 Å². The van der Waals surface area contributed by atoms with Crippen LogP contribution in [0.1, 0.15) is 18.1 Å². The summed E-state index contributed by atoms with van der Waals surface area (Å²) in [7, 11) is 0. The molecule has 0 spiro atoms. The third kappa shape index (κ3) is 4.21. The van der Waals surface area contributed by atoms with E-state index in [0.717, 1.165) is 29.4 Å². The van der Waals surface area contributed by atoms with Crippen molar-refractivity contribution in [3.05, 3.63) is 76.8 Å². The van der Waals surface area contributed by atoms with E-state index < -0.39 is 0 Å². The van der Waals surface area contributed by atoms with Crippen molar-refractivity contribution in [3.63, 3.8) is 0 Å². The average molecular weight is 362 g/mol. The molecular weight excluding hydrogens is 341 g/mol. The van der Waals surface area contributed by atoms with Gasteiger partial charge >= 0.3 is 0 Å². The molecule has 0 amide bonds. The molecule has 0 saturated carbocycles. The highest BCUT2D eigenvalue weighted by molar-refractivity contribution is 6.31. The number of halogens is 2. The SMILES string of the molecule is CCOc1ccc2ccccc2c1CNCc1ccccc1Cl.Cl. The third-order valence-electron chi connectivity index (χ3n) is 3.87. The van der Waals surface area contributed by atoms with Crippen LogP contribution < -0.4 is 10.1 Å². The van der Waals surface area contributed by atoms with E-state index in [0.29, 0.717) is 6.61 Å². The second-order valence-corrected chi connectivity index (χ2v) is 5.80. The van der Waals surface area contributed by atoms with Gasteiger partial charge < -0.3 is 10.1 Å². The van der Waals surface area contributed by atoms with Crippen LogP contribution in [0.2, 0.25) is 5.02 Å². The lowest BCUT2D eigenvalue weighted by Crippen LogP contribution is -2.14. The minimum Gasteiger partial charge on any atom is -0.494 e. The predicted molar refractivity (Wildman–Crippen MR) is 104 cm³/mol. The lowest BCUT2D eigenvalue weighted by Gasteiger charge is -2.14. The smallest absolute Gasteiger partial charge is 0.124 e. The Morgan fingerprint density at radius 3 is 2.46 bits per heavy atom. The van der Waals surface area contributed by atoms with Crippen LogP contribution in [0.25, 0.3) is 10.8 Å². The van der Waals surface area contributed by atoms with E-state index in [1.54, 1.807) is 0 Å².